The van der Waals surface area contributed by atoms with Gasteiger partial charge in [0.25, 0.3) is 0 Å². The van der Waals surface area contributed by atoms with E-state index in [4.69, 9.17) is 4.74 Å². The first-order valence-corrected chi connectivity index (χ1v) is 6.20. The number of carbonyl (C=O) groups excluding carboxylic acids is 1. The minimum Gasteiger partial charge on any atom is -0.497 e. The molecule has 0 atom stereocenters. The number of nitrogens with zero attached hydrogens (tertiary/aromatic N) is 1. The zero-order valence-electron chi connectivity index (χ0n) is 10.6. The van der Waals surface area contributed by atoms with Crippen LogP contribution in [0.5, 0.6) is 5.75 Å². The van der Waals surface area contributed by atoms with Crippen molar-refractivity contribution in [2.24, 2.45) is 5.10 Å². The molecule has 19 heavy (non-hydrogen) atoms. The number of ether oxygens (including phenoxy) is 1. The summed E-state index contributed by atoms with van der Waals surface area (Å²) in [7, 11) is 1.66. The van der Waals surface area contributed by atoms with E-state index in [1.807, 2.05) is 30.3 Å². The lowest BCUT2D eigenvalue weighted by Crippen LogP contribution is -2.25. The van der Waals surface area contributed by atoms with Gasteiger partial charge >= 0.3 is 0 Å². The Hall–Kier alpha value is -2.36. The van der Waals surface area contributed by atoms with Gasteiger partial charge in [-0.2, -0.15) is 5.10 Å². The molecule has 4 nitrogen and oxygen atoms in total. The van der Waals surface area contributed by atoms with E-state index in [0.717, 1.165) is 27.8 Å². The molecule has 0 fully saturated rings. The monoisotopic (exact) mass is 254 g/mol. The van der Waals surface area contributed by atoms with Gasteiger partial charge in [-0.3, -0.25) is 4.79 Å². The first-order valence-electron chi connectivity index (χ1n) is 6.20. The van der Waals surface area contributed by atoms with E-state index in [0.29, 0.717) is 12.8 Å². The largest absolute Gasteiger partial charge is 0.497 e. The van der Waals surface area contributed by atoms with Gasteiger partial charge in [0.05, 0.1) is 12.8 Å². The second kappa shape index (κ2) is 4.72. The van der Waals surface area contributed by atoms with Crippen LogP contribution in [-0.4, -0.2) is 18.7 Å². The zero-order chi connectivity index (χ0) is 13.2. The molecule has 0 spiro atoms. The fourth-order valence-corrected chi connectivity index (χ4v) is 2.21. The van der Waals surface area contributed by atoms with Crippen molar-refractivity contribution in [2.75, 3.05) is 7.11 Å². The Morgan fingerprint density at radius 1 is 1.11 bits per heavy atom. The molecule has 0 bridgehead atoms. The van der Waals surface area contributed by atoms with Gasteiger partial charge in [0.1, 0.15) is 5.75 Å². The summed E-state index contributed by atoms with van der Waals surface area (Å²) in [4.78, 5) is 11.1. The van der Waals surface area contributed by atoms with Gasteiger partial charge in [-0.15, -0.1) is 0 Å². The predicted molar refractivity (Wildman–Crippen MR) is 74.4 cm³/mol. The van der Waals surface area contributed by atoms with Crippen LogP contribution in [0.3, 0.4) is 0 Å². The van der Waals surface area contributed by atoms with Crippen LogP contribution in [0.2, 0.25) is 0 Å². The normalized spacial score (nSPS) is 15.0. The van der Waals surface area contributed by atoms with E-state index in [9.17, 15) is 4.79 Å². The molecule has 1 amide bonds. The molecule has 0 saturated heterocycles. The number of nitrogens with one attached hydrogen (secondary N) is 1. The number of hydrazone groups is 1. The van der Waals surface area contributed by atoms with Gasteiger partial charge in [0.15, 0.2) is 0 Å². The summed E-state index contributed by atoms with van der Waals surface area (Å²) >= 11 is 0. The van der Waals surface area contributed by atoms with Crippen LogP contribution in [0.15, 0.2) is 41.5 Å². The Bertz CT molecular complexity index is 677. The molecule has 2 aromatic rings. The number of rotatable bonds is 2. The van der Waals surface area contributed by atoms with E-state index >= 15 is 0 Å². The Balaban J connectivity index is 2.00. The van der Waals surface area contributed by atoms with Crippen LogP contribution < -0.4 is 10.2 Å². The number of hydrogen-bond acceptors (Lipinski definition) is 3. The highest BCUT2D eigenvalue weighted by Gasteiger charge is 2.13. The summed E-state index contributed by atoms with van der Waals surface area (Å²) in [5, 5.41) is 6.38. The maximum atomic E-state index is 11.1. The molecule has 0 aliphatic carbocycles. The van der Waals surface area contributed by atoms with Gasteiger partial charge in [0.2, 0.25) is 5.91 Å². The molecule has 0 unspecified atom stereocenters. The van der Waals surface area contributed by atoms with Crippen molar-refractivity contribution >= 4 is 22.4 Å². The third-order valence-electron chi connectivity index (χ3n) is 3.29. The molecule has 0 saturated carbocycles. The minimum absolute atomic E-state index is 0.0192. The van der Waals surface area contributed by atoms with Gasteiger partial charge in [0, 0.05) is 12.8 Å². The summed E-state index contributed by atoms with van der Waals surface area (Å²) in [6.45, 7) is 0. The van der Waals surface area contributed by atoms with Crippen LogP contribution in [0.1, 0.15) is 18.4 Å². The number of hydrogen-bond donors (Lipinski definition) is 1. The standard InChI is InChI=1S/C15H14N2O2/c1-19-13-5-4-10-8-12(3-2-11(10)9-13)14-6-7-15(18)17-16-14/h2-5,8-9H,6-7H2,1H3,(H,17,18). The van der Waals surface area contributed by atoms with Crippen molar-refractivity contribution in [2.45, 2.75) is 12.8 Å². The van der Waals surface area contributed by atoms with E-state index in [2.05, 4.69) is 16.6 Å². The number of amides is 1. The van der Waals surface area contributed by atoms with E-state index < -0.39 is 0 Å². The molecular formula is C15H14N2O2. The molecule has 0 radical (unpaired) electrons. The molecule has 0 aromatic heterocycles. The summed E-state index contributed by atoms with van der Waals surface area (Å²) in [5.74, 6) is 0.830. The Kier molecular flexibility index (Phi) is 2.91. The van der Waals surface area contributed by atoms with Crippen molar-refractivity contribution in [3.8, 4) is 5.75 Å². The quantitative estimate of drug-likeness (QED) is 0.895. The minimum atomic E-state index is -0.0192. The Labute approximate surface area is 111 Å². The second-order valence-corrected chi connectivity index (χ2v) is 4.52. The first-order chi connectivity index (χ1) is 9.26. The SMILES string of the molecule is COc1ccc2cc(C3=NNC(=O)CC3)ccc2c1. The topological polar surface area (TPSA) is 50.7 Å². The van der Waals surface area contributed by atoms with Crippen molar-refractivity contribution in [1.29, 1.82) is 0 Å². The van der Waals surface area contributed by atoms with Gasteiger partial charge in [-0.05, 0) is 34.5 Å². The van der Waals surface area contributed by atoms with Crippen LogP contribution in [0.4, 0.5) is 0 Å². The second-order valence-electron chi connectivity index (χ2n) is 4.52. The molecule has 96 valence electrons. The molecular weight excluding hydrogens is 240 g/mol. The molecule has 1 heterocycles. The lowest BCUT2D eigenvalue weighted by molar-refractivity contribution is -0.121. The maximum absolute atomic E-state index is 11.1. The van der Waals surface area contributed by atoms with Crippen molar-refractivity contribution in [3.63, 3.8) is 0 Å². The highest BCUT2D eigenvalue weighted by molar-refractivity contribution is 6.06. The number of carbonyl (C=O) groups is 1. The van der Waals surface area contributed by atoms with E-state index in [1.54, 1.807) is 7.11 Å². The molecule has 2 aromatic carbocycles. The Morgan fingerprint density at radius 2 is 1.89 bits per heavy atom. The lowest BCUT2D eigenvalue weighted by Gasteiger charge is -2.12. The average Bonchev–Trinajstić information content (AvgIpc) is 2.47. The third-order valence-corrected chi connectivity index (χ3v) is 3.29. The van der Waals surface area contributed by atoms with Crippen molar-refractivity contribution in [1.82, 2.24) is 5.43 Å². The smallest absolute Gasteiger partial charge is 0.240 e. The van der Waals surface area contributed by atoms with Crippen LogP contribution >= 0.6 is 0 Å². The average molecular weight is 254 g/mol. The highest BCUT2D eigenvalue weighted by Crippen LogP contribution is 2.23. The number of methoxy groups -OCH3 is 1. The molecule has 1 aliphatic rings. The van der Waals surface area contributed by atoms with Crippen LogP contribution in [0.25, 0.3) is 10.8 Å². The Morgan fingerprint density at radius 3 is 2.63 bits per heavy atom. The molecule has 4 heteroatoms. The predicted octanol–water partition coefficient (Wildman–Crippen LogP) is 2.46. The summed E-state index contributed by atoms with van der Waals surface area (Å²) in [6, 6.07) is 12.1. The fourth-order valence-electron chi connectivity index (χ4n) is 2.21. The third kappa shape index (κ3) is 2.29. The first kappa shape index (κ1) is 11.7. The summed E-state index contributed by atoms with van der Waals surface area (Å²) in [6.07, 6.45) is 1.19. The van der Waals surface area contributed by atoms with Gasteiger partial charge < -0.3 is 4.74 Å². The van der Waals surface area contributed by atoms with E-state index in [-0.39, 0.29) is 5.91 Å². The highest BCUT2D eigenvalue weighted by atomic mass is 16.5. The maximum Gasteiger partial charge on any atom is 0.240 e. The zero-order valence-corrected chi connectivity index (χ0v) is 10.6. The summed E-state index contributed by atoms with van der Waals surface area (Å²) in [5.41, 5.74) is 4.51. The van der Waals surface area contributed by atoms with Crippen molar-refractivity contribution in [3.05, 3.63) is 42.0 Å². The lowest BCUT2D eigenvalue weighted by atomic mass is 10.0. The van der Waals surface area contributed by atoms with Crippen LogP contribution in [0, 0.1) is 0 Å². The molecule has 1 N–H and O–H groups in total. The summed E-state index contributed by atoms with van der Waals surface area (Å²) < 4.78 is 5.21. The number of benzene rings is 2. The van der Waals surface area contributed by atoms with Gasteiger partial charge in [-0.1, -0.05) is 18.2 Å². The molecule has 3 rings (SSSR count). The van der Waals surface area contributed by atoms with Crippen LogP contribution in [-0.2, 0) is 4.79 Å². The number of fused-ring (bicyclic) bond motifs is 1. The van der Waals surface area contributed by atoms with Gasteiger partial charge in [-0.25, -0.2) is 5.43 Å². The van der Waals surface area contributed by atoms with E-state index in [1.165, 1.54) is 0 Å². The molecule has 1 aliphatic heterocycles. The fraction of sp³-hybridized carbons (Fsp3) is 0.200. The van der Waals surface area contributed by atoms with Crippen molar-refractivity contribution < 1.29 is 9.53 Å².